The highest BCUT2D eigenvalue weighted by Crippen LogP contribution is 2.17. The summed E-state index contributed by atoms with van der Waals surface area (Å²) < 4.78 is 0. The van der Waals surface area contributed by atoms with Crippen molar-refractivity contribution >= 4 is 5.91 Å². The number of amides is 1. The number of carbonyl (C=O) groups excluding carboxylic acids is 1. The van der Waals surface area contributed by atoms with E-state index in [1.165, 1.54) is 0 Å². The number of carbonyl (C=O) groups is 1. The zero-order chi connectivity index (χ0) is 11.1. The molecule has 0 aromatic carbocycles. The van der Waals surface area contributed by atoms with E-state index in [0.29, 0.717) is 12.3 Å². The van der Waals surface area contributed by atoms with Crippen LogP contribution < -0.4 is 5.32 Å². The molecule has 0 bridgehead atoms. The molecule has 2 N–H and O–H groups in total. The molecule has 0 atom stereocenters. The van der Waals surface area contributed by atoms with Crippen molar-refractivity contribution in [3.63, 3.8) is 0 Å². The highest BCUT2D eigenvalue weighted by molar-refractivity contribution is 5.76. The minimum atomic E-state index is 0.265. The van der Waals surface area contributed by atoms with Crippen molar-refractivity contribution in [2.75, 3.05) is 33.3 Å². The number of rotatable bonds is 5. The maximum absolute atomic E-state index is 11.7. The molecule has 4 heteroatoms. The smallest absolute Gasteiger partial charge is 0.222 e. The molecule has 15 heavy (non-hydrogen) atoms. The molecule has 0 aliphatic carbocycles. The number of hydrogen-bond acceptors (Lipinski definition) is 3. The fraction of sp³-hybridized carbons (Fsp3) is 0.909. The number of aliphatic hydroxyl groups is 1. The van der Waals surface area contributed by atoms with Crippen LogP contribution in [-0.4, -0.2) is 49.2 Å². The highest BCUT2D eigenvalue weighted by Gasteiger charge is 2.21. The van der Waals surface area contributed by atoms with Gasteiger partial charge in [0.05, 0.1) is 0 Å². The molecule has 0 radical (unpaired) electrons. The van der Waals surface area contributed by atoms with Gasteiger partial charge in [0.15, 0.2) is 0 Å². The number of likely N-dealkylation sites (tertiary alicyclic amines) is 1. The number of hydrogen-bond donors (Lipinski definition) is 2. The van der Waals surface area contributed by atoms with Gasteiger partial charge in [-0.05, 0) is 38.8 Å². The molecular weight excluding hydrogens is 192 g/mol. The summed E-state index contributed by atoms with van der Waals surface area (Å²) >= 11 is 0. The van der Waals surface area contributed by atoms with Crippen LogP contribution in [0, 0.1) is 5.92 Å². The minimum Gasteiger partial charge on any atom is -0.396 e. The Hall–Kier alpha value is -0.610. The van der Waals surface area contributed by atoms with E-state index in [-0.39, 0.29) is 12.5 Å². The van der Waals surface area contributed by atoms with Crippen LogP contribution in [-0.2, 0) is 4.79 Å². The maximum atomic E-state index is 11.7. The third-order valence-electron chi connectivity index (χ3n) is 3.04. The van der Waals surface area contributed by atoms with Gasteiger partial charge in [-0.25, -0.2) is 0 Å². The first-order chi connectivity index (χ1) is 7.27. The number of aliphatic hydroxyl groups excluding tert-OH is 1. The Morgan fingerprint density at radius 1 is 1.47 bits per heavy atom. The van der Waals surface area contributed by atoms with E-state index in [1.807, 2.05) is 11.9 Å². The predicted molar refractivity (Wildman–Crippen MR) is 59.6 cm³/mol. The predicted octanol–water partition coefficient (Wildman–Crippen LogP) is 0.217. The van der Waals surface area contributed by atoms with Crippen LogP contribution in [0.1, 0.15) is 25.7 Å². The Bertz CT molecular complexity index is 189. The average molecular weight is 214 g/mol. The van der Waals surface area contributed by atoms with Gasteiger partial charge in [0.2, 0.25) is 5.91 Å². The summed E-state index contributed by atoms with van der Waals surface area (Å²) in [6.45, 7) is 2.81. The Labute approximate surface area is 91.6 Å². The van der Waals surface area contributed by atoms with Gasteiger partial charge < -0.3 is 15.3 Å². The lowest BCUT2D eigenvalue weighted by Crippen LogP contribution is -2.39. The number of nitrogens with zero attached hydrogens (tertiary/aromatic N) is 1. The van der Waals surface area contributed by atoms with Gasteiger partial charge in [0, 0.05) is 26.1 Å². The Morgan fingerprint density at radius 2 is 2.13 bits per heavy atom. The molecular formula is C11H22N2O2. The molecule has 1 aliphatic rings. The summed E-state index contributed by atoms with van der Waals surface area (Å²) in [5.41, 5.74) is 0. The topological polar surface area (TPSA) is 52.6 Å². The monoisotopic (exact) mass is 214 g/mol. The van der Waals surface area contributed by atoms with Gasteiger partial charge in [-0.3, -0.25) is 4.79 Å². The van der Waals surface area contributed by atoms with E-state index in [4.69, 9.17) is 5.11 Å². The van der Waals surface area contributed by atoms with Crippen LogP contribution in [0.2, 0.25) is 0 Å². The first-order valence-electron chi connectivity index (χ1n) is 5.81. The second-order valence-electron chi connectivity index (χ2n) is 4.21. The Morgan fingerprint density at radius 3 is 2.67 bits per heavy atom. The van der Waals surface area contributed by atoms with Gasteiger partial charge in [0.25, 0.3) is 0 Å². The van der Waals surface area contributed by atoms with Crippen molar-refractivity contribution in [1.82, 2.24) is 10.2 Å². The fourth-order valence-corrected chi connectivity index (χ4v) is 1.94. The fourth-order valence-electron chi connectivity index (χ4n) is 1.94. The SMILES string of the molecule is CNCCCC(=O)N1CCC(CO)CC1. The van der Waals surface area contributed by atoms with E-state index >= 15 is 0 Å². The summed E-state index contributed by atoms with van der Waals surface area (Å²) in [7, 11) is 1.90. The molecule has 0 saturated carbocycles. The summed E-state index contributed by atoms with van der Waals surface area (Å²) in [4.78, 5) is 13.6. The first-order valence-corrected chi connectivity index (χ1v) is 5.81. The van der Waals surface area contributed by atoms with E-state index in [1.54, 1.807) is 0 Å². The molecule has 1 aliphatic heterocycles. The second kappa shape index (κ2) is 6.80. The highest BCUT2D eigenvalue weighted by atomic mass is 16.3. The van der Waals surface area contributed by atoms with E-state index < -0.39 is 0 Å². The first kappa shape index (κ1) is 12.5. The third-order valence-corrected chi connectivity index (χ3v) is 3.04. The molecule has 4 nitrogen and oxygen atoms in total. The van der Waals surface area contributed by atoms with Crippen LogP contribution >= 0.6 is 0 Å². The second-order valence-corrected chi connectivity index (χ2v) is 4.21. The molecule has 1 fully saturated rings. The Kier molecular flexibility index (Phi) is 5.65. The quantitative estimate of drug-likeness (QED) is 0.644. The normalized spacial score (nSPS) is 18.1. The van der Waals surface area contributed by atoms with Crippen molar-refractivity contribution in [2.24, 2.45) is 5.92 Å². The minimum absolute atomic E-state index is 0.265. The summed E-state index contributed by atoms with van der Waals surface area (Å²) in [6, 6.07) is 0. The Balaban J connectivity index is 2.18. The van der Waals surface area contributed by atoms with Crippen molar-refractivity contribution < 1.29 is 9.90 Å². The zero-order valence-corrected chi connectivity index (χ0v) is 9.54. The van der Waals surface area contributed by atoms with Gasteiger partial charge in [0.1, 0.15) is 0 Å². The summed E-state index contributed by atoms with van der Waals surface area (Å²) in [5, 5.41) is 12.0. The van der Waals surface area contributed by atoms with Crippen LogP contribution in [0.5, 0.6) is 0 Å². The molecule has 88 valence electrons. The molecule has 0 unspecified atom stereocenters. The largest absolute Gasteiger partial charge is 0.396 e. The van der Waals surface area contributed by atoms with Gasteiger partial charge in [-0.2, -0.15) is 0 Å². The average Bonchev–Trinajstić information content (AvgIpc) is 2.29. The van der Waals surface area contributed by atoms with Crippen molar-refractivity contribution in [2.45, 2.75) is 25.7 Å². The lowest BCUT2D eigenvalue weighted by atomic mass is 9.97. The molecule has 0 aromatic heterocycles. The molecule has 1 rings (SSSR count). The van der Waals surface area contributed by atoms with E-state index in [2.05, 4.69) is 5.32 Å². The van der Waals surface area contributed by atoms with Crippen LogP contribution in [0.25, 0.3) is 0 Å². The summed E-state index contributed by atoms with van der Waals surface area (Å²) in [6.07, 6.45) is 3.46. The van der Waals surface area contributed by atoms with Gasteiger partial charge in [-0.15, -0.1) is 0 Å². The van der Waals surface area contributed by atoms with Crippen LogP contribution in [0.3, 0.4) is 0 Å². The zero-order valence-electron chi connectivity index (χ0n) is 9.54. The van der Waals surface area contributed by atoms with Crippen LogP contribution in [0.4, 0.5) is 0 Å². The van der Waals surface area contributed by atoms with Gasteiger partial charge >= 0.3 is 0 Å². The van der Waals surface area contributed by atoms with Crippen molar-refractivity contribution in [3.8, 4) is 0 Å². The standard InChI is InChI=1S/C11H22N2O2/c1-12-6-2-3-11(15)13-7-4-10(9-14)5-8-13/h10,12,14H,2-9H2,1H3. The van der Waals surface area contributed by atoms with Crippen LogP contribution in [0.15, 0.2) is 0 Å². The number of nitrogens with one attached hydrogen (secondary N) is 1. The van der Waals surface area contributed by atoms with E-state index in [9.17, 15) is 4.79 Å². The van der Waals surface area contributed by atoms with E-state index in [0.717, 1.165) is 38.9 Å². The third kappa shape index (κ3) is 4.18. The molecule has 1 amide bonds. The molecule has 0 spiro atoms. The summed E-state index contributed by atoms with van der Waals surface area (Å²) in [5.74, 6) is 0.674. The molecule has 1 saturated heterocycles. The number of piperidine rings is 1. The molecule has 1 heterocycles. The van der Waals surface area contributed by atoms with Crippen molar-refractivity contribution in [3.05, 3.63) is 0 Å². The lowest BCUT2D eigenvalue weighted by Gasteiger charge is -2.31. The maximum Gasteiger partial charge on any atom is 0.222 e. The van der Waals surface area contributed by atoms with Gasteiger partial charge in [-0.1, -0.05) is 0 Å². The van der Waals surface area contributed by atoms with Crippen molar-refractivity contribution in [1.29, 1.82) is 0 Å². The lowest BCUT2D eigenvalue weighted by molar-refractivity contribution is -0.132. The molecule has 0 aromatic rings.